The second-order valence-corrected chi connectivity index (χ2v) is 6.72. The highest BCUT2D eigenvalue weighted by atomic mass is 32.2. The van der Waals surface area contributed by atoms with Crippen molar-refractivity contribution in [2.24, 2.45) is 0 Å². The van der Waals surface area contributed by atoms with E-state index < -0.39 is 0 Å². The summed E-state index contributed by atoms with van der Waals surface area (Å²) in [7, 11) is 0. The minimum atomic E-state index is 0.540. The van der Waals surface area contributed by atoms with E-state index in [1.54, 1.807) is 5.56 Å². The van der Waals surface area contributed by atoms with E-state index in [9.17, 15) is 0 Å². The summed E-state index contributed by atoms with van der Waals surface area (Å²) in [6.45, 7) is 11.3. The molecule has 0 heterocycles. The molecule has 0 aliphatic heterocycles. The molecule has 1 aromatic carbocycles. The number of nitrogens with zero attached hydrogens (tertiary/aromatic N) is 1. The average Bonchev–Trinajstić information content (AvgIpc) is 2.82. The largest absolute Gasteiger partial charge is 0.309 e. The maximum absolute atomic E-state index is 3.68. The SMILES string of the molecule is CCNC1c2ccccc2CC1SCCN(CC)CC. The minimum absolute atomic E-state index is 0.540. The first-order valence-electron chi connectivity index (χ1n) is 7.95. The lowest BCUT2D eigenvalue weighted by Crippen LogP contribution is -2.29. The Hall–Kier alpha value is -0.510. The molecule has 0 fully saturated rings. The molecule has 0 amide bonds. The number of hydrogen-bond acceptors (Lipinski definition) is 3. The summed E-state index contributed by atoms with van der Waals surface area (Å²) in [6.07, 6.45) is 1.22. The molecule has 0 saturated heterocycles. The lowest BCUT2D eigenvalue weighted by atomic mass is 10.1. The molecule has 1 aliphatic rings. The van der Waals surface area contributed by atoms with Crippen LogP contribution in [-0.4, -0.2) is 42.1 Å². The molecule has 0 saturated carbocycles. The van der Waals surface area contributed by atoms with Crippen molar-refractivity contribution in [3.8, 4) is 0 Å². The first kappa shape index (κ1) is 15.9. The number of rotatable bonds is 8. The molecule has 1 aromatic rings. The molecule has 2 rings (SSSR count). The quantitative estimate of drug-likeness (QED) is 0.791. The van der Waals surface area contributed by atoms with Gasteiger partial charge in [0.05, 0.1) is 0 Å². The molecule has 0 radical (unpaired) electrons. The molecule has 0 aromatic heterocycles. The number of nitrogens with one attached hydrogen (secondary N) is 1. The van der Waals surface area contributed by atoms with E-state index in [0.29, 0.717) is 11.3 Å². The third kappa shape index (κ3) is 3.78. The molecule has 2 atom stereocenters. The van der Waals surface area contributed by atoms with Gasteiger partial charge in [-0.25, -0.2) is 0 Å². The Bertz CT molecular complexity index is 404. The van der Waals surface area contributed by atoms with Crippen LogP contribution in [0.4, 0.5) is 0 Å². The Balaban J connectivity index is 1.92. The van der Waals surface area contributed by atoms with Crippen molar-refractivity contribution in [2.45, 2.75) is 38.5 Å². The second-order valence-electron chi connectivity index (χ2n) is 5.37. The van der Waals surface area contributed by atoms with Crippen LogP contribution in [0.1, 0.15) is 37.9 Å². The molecule has 1 aliphatic carbocycles. The van der Waals surface area contributed by atoms with Crippen LogP contribution in [0.5, 0.6) is 0 Å². The third-order valence-corrected chi connectivity index (χ3v) is 5.53. The van der Waals surface area contributed by atoms with Gasteiger partial charge in [0.1, 0.15) is 0 Å². The zero-order chi connectivity index (χ0) is 14.4. The van der Waals surface area contributed by atoms with Gasteiger partial charge in [0.25, 0.3) is 0 Å². The standard InChI is InChI=1S/C17H28N2S/c1-4-18-17-15-10-8-7-9-14(15)13-16(17)20-12-11-19(5-2)6-3/h7-10,16-18H,4-6,11-13H2,1-3H3. The van der Waals surface area contributed by atoms with Gasteiger partial charge in [-0.3, -0.25) is 0 Å². The van der Waals surface area contributed by atoms with Crippen LogP contribution >= 0.6 is 11.8 Å². The van der Waals surface area contributed by atoms with Crippen molar-refractivity contribution in [1.82, 2.24) is 10.2 Å². The second kappa shape index (κ2) is 8.06. The predicted octanol–water partition coefficient (Wildman–Crippen LogP) is 3.34. The molecule has 1 N–H and O–H groups in total. The van der Waals surface area contributed by atoms with E-state index in [4.69, 9.17) is 0 Å². The summed E-state index contributed by atoms with van der Waals surface area (Å²) in [6, 6.07) is 9.48. The van der Waals surface area contributed by atoms with Crippen molar-refractivity contribution < 1.29 is 0 Å². The zero-order valence-electron chi connectivity index (χ0n) is 13.1. The summed E-state index contributed by atoms with van der Waals surface area (Å²) in [5, 5.41) is 4.38. The smallest absolute Gasteiger partial charge is 0.0446 e. The van der Waals surface area contributed by atoms with Gasteiger partial charge in [-0.1, -0.05) is 45.0 Å². The van der Waals surface area contributed by atoms with Crippen LogP contribution in [0.25, 0.3) is 0 Å². The highest BCUT2D eigenvalue weighted by Crippen LogP contribution is 2.38. The number of thioether (sulfide) groups is 1. The van der Waals surface area contributed by atoms with Gasteiger partial charge < -0.3 is 10.2 Å². The summed E-state index contributed by atoms with van der Waals surface area (Å²) in [5.74, 6) is 1.24. The fraction of sp³-hybridized carbons (Fsp3) is 0.647. The van der Waals surface area contributed by atoms with Gasteiger partial charge in [0.15, 0.2) is 0 Å². The van der Waals surface area contributed by atoms with Gasteiger partial charge >= 0.3 is 0 Å². The molecule has 0 spiro atoms. The highest BCUT2D eigenvalue weighted by molar-refractivity contribution is 8.00. The van der Waals surface area contributed by atoms with Crippen LogP contribution in [-0.2, 0) is 6.42 Å². The first-order chi connectivity index (χ1) is 9.80. The van der Waals surface area contributed by atoms with Crippen molar-refractivity contribution in [3.05, 3.63) is 35.4 Å². The molecule has 2 nitrogen and oxygen atoms in total. The Labute approximate surface area is 128 Å². The Morgan fingerprint density at radius 3 is 2.65 bits per heavy atom. The number of benzene rings is 1. The molecule has 20 heavy (non-hydrogen) atoms. The fourth-order valence-corrected chi connectivity index (χ4v) is 4.45. The van der Waals surface area contributed by atoms with Crippen LogP contribution in [0.15, 0.2) is 24.3 Å². The maximum Gasteiger partial charge on any atom is 0.0446 e. The van der Waals surface area contributed by atoms with Crippen molar-refractivity contribution in [3.63, 3.8) is 0 Å². The van der Waals surface area contributed by atoms with E-state index in [1.807, 2.05) is 0 Å². The first-order valence-corrected chi connectivity index (χ1v) is 9.00. The highest BCUT2D eigenvalue weighted by Gasteiger charge is 2.31. The van der Waals surface area contributed by atoms with Crippen LogP contribution in [0, 0.1) is 0 Å². The summed E-state index contributed by atoms with van der Waals surface area (Å²) < 4.78 is 0. The number of hydrogen-bond donors (Lipinski definition) is 1. The van der Waals surface area contributed by atoms with E-state index in [2.05, 4.69) is 67.0 Å². The molecular weight excluding hydrogens is 264 g/mol. The summed E-state index contributed by atoms with van der Waals surface area (Å²) in [4.78, 5) is 2.51. The monoisotopic (exact) mass is 292 g/mol. The van der Waals surface area contributed by atoms with Crippen LogP contribution in [0.3, 0.4) is 0 Å². The topological polar surface area (TPSA) is 15.3 Å². The normalized spacial score (nSPS) is 21.4. The van der Waals surface area contributed by atoms with E-state index in [1.165, 1.54) is 37.4 Å². The third-order valence-electron chi connectivity index (χ3n) is 4.24. The predicted molar refractivity (Wildman–Crippen MR) is 90.6 cm³/mol. The molecule has 0 bridgehead atoms. The zero-order valence-corrected chi connectivity index (χ0v) is 13.9. The van der Waals surface area contributed by atoms with Crippen molar-refractivity contribution in [2.75, 3.05) is 31.9 Å². The Morgan fingerprint density at radius 2 is 1.95 bits per heavy atom. The van der Waals surface area contributed by atoms with Crippen LogP contribution in [0.2, 0.25) is 0 Å². The summed E-state index contributed by atoms with van der Waals surface area (Å²) >= 11 is 2.14. The number of fused-ring (bicyclic) bond motifs is 1. The molecule has 2 unspecified atom stereocenters. The summed E-state index contributed by atoms with van der Waals surface area (Å²) in [5.41, 5.74) is 3.06. The van der Waals surface area contributed by atoms with Gasteiger partial charge in [-0.2, -0.15) is 11.8 Å². The van der Waals surface area contributed by atoms with Crippen molar-refractivity contribution in [1.29, 1.82) is 0 Å². The van der Waals surface area contributed by atoms with Gasteiger partial charge in [-0.05, 0) is 37.2 Å². The Morgan fingerprint density at radius 1 is 1.20 bits per heavy atom. The van der Waals surface area contributed by atoms with E-state index >= 15 is 0 Å². The van der Waals surface area contributed by atoms with Crippen LogP contribution < -0.4 is 5.32 Å². The maximum atomic E-state index is 3.68. The molecule has 3 heteroatoms. The lowest BCUT2D eigenvalue weighted by molar-refractivity contribution is 0.323. The molecular formula is C17H28N2S. The molecule has 112 valence electrons. The fourth-order valence-electron chi connectivity index (χ4n) is 3.05. The van der Waals surface area contributed by atoms with Gasteiger partial charge in [0, 0.05) is 23.6 Å². The lowest BCUT2D eigenvalue weighted by Gasteiger charge is -2.23. The van der Waals surface area contributed by atoms with E-state index in [-0.39, 0.29) is 0 Å². The van der Waals surface area contributed by atoms with Gasteiger partial charge in [0.2, 0.25) is 0 Å². The average molecular weight is 292 g/mol. The van der Waals surface area contributed by atoms with Crippen molar-refractivity contribution >= 4 is 11.8 Å². The van der Waals surface area contributed by atoms with E-state index in [0.717, 1.165) is 6.54 Å². The Kier molecular flexibility index (Phi) is 6.40. The minimum Gasteiger partial charge on any atom is -0.309 e. The van der Waals surface area contributed by atoms with Gasteiger partial charge in [-0.15, -0.1) is 0 Å².